The third kappa shape index (κ3) is 5.73. The Hall–Kier alpha value is -2.71. The van der Waals surface area contributed by atoms with Gasteiger partial charge in [0.1, 0.15) is 11.5 Å². The number of hydrogen-bond acceptors (Lipinski definition) is 6. The van der Waals surface area contributed by atoms with Gasteiger partial charge in [-0.3, -0.25) is 0 Å². The number of methoxy groups -OCH3 is 2. The Kier molecular flexibility index (Phi) is 5.79. The van der Waals surface area contributed by atoms with E-state index in [4.69, 9.17) is 4.74 Å². The molecule has 0 saturated heterocycles. The van der Waals surface area contributed by atoms with Crippen molar-refractivity contribution in [3.05, 3.63) is 36.1 Å². The molecule has 0 bridgehead atoms. The minimum absolute atomic E-state index is 0.00456. The molecule has 6 nitrogen and oxygen atoms in total. The largest absolute Gasteiger partial charge is 0.573 e. The third-order valence-corrected chi connectivity index (χ3v) is 2.12. The summed E-state index contributed by atoms with van der Waals surface area (Å²) in [6.45, 7) is 0. The van der Waals surface area contributed by atoms with Crippen LogP contribution in [-0.2, 0) is 19.1 Å². The minimum atomic E-state index is -4.82. The van der Waals surface area contributed by atoms with Gasteiger partial charge in [0, 0.05) is 0 Å². The summed E-state index contributed by atoms with van der Waals surface area (Å²) in [6.07, 6.45) is -4.07. The molecule has 0 aliphatic rings. The van der Waals surface area contributed by atoms with Gasteiger partial charge in [0.05, 0.1) is 20.3 Å². The van der Waals surface area contributed by atoms with Crippen molar-refractivity contribution in [2.45, 2.75) is 6.36 Å². The number of esters is 2. The van der Waals surface area contributed by atoms with Crippen LogP contribution in [0.15, 0.2) is 36.1 Å². The highest BCUT2D eigenvalue weighted by Gasteiger charge is 2.31. The lowest BCUT2D eigenvalue weighted by molar-refractivity contribution is -0.274. The first kappa shape index (κ1) is 17.3. The summed E-state index contributed by atoms with van der Waals surface area (Å²) < 4.78 is 53.5. The lowest BCUT2D eigenvalue weighted by atomic mass is 10.3. The first-order valence-electron chi connectivity index (χ1n) is 5.67. The van der Waals surface area contributed by atoms with Crippen LogP contribution in [0.3, 0.4) is 0 Å². The fourth-order valence-corrected chi connectivity index (χ4v) is 1.23. The van der Waals surface area contributed by atoms with Crippen molar-refractivity contribution in [2.24, 2.45) is 0 Å². The Bertz CT molecular complexity index is 562. The van der Waals surface area contributed by atoms with Gasteiger partial charge in [0.15, 0.2) is 0 Å². The molecule has 1 aromatic rings. The van der Waals surface area contributed by atoms with Crippen molar-refractivity contribution in [1.29, 1.82) is 0 Å². The number of carbonyl (C=O) groups is 2. The fourth-order valence-electron chi connectivity index (χ4n) is 1.23. The summed E-state index contributed by atoms with van der Waals surface area (Å²) >= 11 is 0. The van der Waals surface area contributed by atoms with E-state index < -0.39 is 29.8 Å². The highest BCUT2D eigenvalue weighted by molar-refractivity contribution is 5.95. The van der Waals surface area contributed by atoms with Crippen LogP contribution in [-0.4, -0.2) is 32.5 Å². The van der Waals surface area contributed by atoms with E-state index in [1.54, 1.807) is 0 Å². The number of halogens is 3. The quantitative estimate of drug-likeness (QED) is 0.470. The van der Waals surface area contributed by atoms with Crippen LogP contribution in [0.5, 0.6) is 11.5 Å². The topological polar surface area (TPSA) is 71.1 Å². The molecule has 0 unspecified atom stereocenters. The molecule has 0 radical (unpaired) electrons. The van der Waals surface area contributed by atoms with Crippen LogP contribution >= 0.6 is 0 Å². The second kappa shape index (κ2) is 7.34. The van der Waals surface area contributed by atoms with Gasteiger partial charge in [-0.1, -0.05) is 0 Å². The number of ether oxygens (including phenoxy) is 4. The second-order valence-electron chi connectivity index (χ2n) is 3.64. The summed E-state index contributed by atoms with van der Waals surface area (Å²) in [5.41, 5.74) is 0. The van der Waals surface area contributed by atoms with E-state index >= 15 is 0 Å². The molecule has 0 fully saturated rings. The molecule has 0 aliphatic carbocycles. The average molecular weight is 320 g/mol. The van der Waals surface area contributed by atoms with E-state index in [-0.39, 0.29) is 5.75 Å². The SMILES string of the molecule is COC(=O)C=C(Oc1ccc(OC(F)(F)F)cc1)C(=O)OC. The van der Waals surface area contributed by atoms with Crippen LogP contribution in [0, 0.1) is 0 Å². The summed E-state index contributed by atoms with van der Waals surface area (Å²) in [7, 11) is 2.16. The van der Waals surface area contributed by atoms with Crippen LogP contribution in [0.1, 0.15) is 0 Å². The maximum atomic E-state index is 12.0. The maximum absolute atomic E-state index is 12.0. The van der Waals surface area contributed by atoms with Gasteiger partial charge in [-0.2, -0.15) is 0 Å². The molecule has 0 heterocycles. The normalized spacial score (nSPS) is 11.6. The van der Waals surface area contributed by atoms with Crippen molar-refractivity contribution < 1.29 is 41.7 Å². The van der Waals surface area contributed by atoms with Gasteiger partial charge in [0.2, 0.25) is 5.76 Å². The van der Waals surface area contributed by atoms with Crippen LogP contribution in [0.2, 0.25) is 0 Å². The van der Waals surface area contributed by atoms with Gasteiger partial charge in [0.25, 0.3) is 0 Å². The van der Waals surface area contributed by atoms with E-state index in [0.717, 1.165) is 44.6 Å². The highest BCUT2D eigenvalue weighted by Crippen LogP contribution is 2.25. The maximum Gasteiger partial charge on any atom is 0.573 e. The fraction of sp³-hybridized carbons (Fsp3) is 0.231. The summed E-state index contributed by atoms with van der Waals surface area (Å²) in [4.78, 5) is 22.5. The molecule has 0 spiro atoms. The van der Waals surface area contributed by atoms with Gasteiger partial charge in [-0.05, 0) is 24.3 Å². The summed E-state index contributed by atoms with van der Waals surface area (Å²) in [5.74, 6) is -2.77. The van der Waals surface area contributed by atoms with Gasteiger partial charge < -0.3 is 18.9 Å². The molecule has 22 heavy (non-hydrogen) atoms. The Morgan fingerprint density at radius 2 is 1.55 bits per heavy atom. The van der Waals surface area contributed by atoms with E-state index in [1.807, 2.05) is 0 Å². The van der Waals surface area contributed by atoms with E-state index in [0.29, 0.717) is 0 Å². The standard InChI is InChI=1S/C13H11F3O6/c1-19-11(17)7-10(12(18)20-2)21-8-3-5-9(6-4-8)22-13(14,15)16/h3-7H,1-2H3. The number of benzene rings is 1. The number of rotatable bonds is 5. The molecule has 0 aliphatic heterocycles. The monoisotopic (exact) mass is 320 g/mol. The Labute approximate surface area is 123 Å². The van der Waals surface area contributed by atoms with E-state index in [2.05, 4.69) is 14.2 Å². The van der Waals surface area contributed by atoms with Crippen LogP contribution < -0.4 is 9.47 Å². The first-order chi connectivity index (χ1) is 10.2. The van der Waals surface area contributed by atoms with Crippen LogP contribution in [0.25, 0.3) is 0 Å². The van der Waals surface area contributed by atoms with E-state index in [1.165, 1.54) is 0 Å². The molecule has 0 amide bonds. The highest BCUT2D eigenvalue weighted by atomic mass is 19.4. The van der Waals surface area contributed by atoms with Gasteiger partial charge >= 0.3 is 18.3 Å². The second-order valence-corrected chi connectivity index (χ2v) is 3.64. The molecule has 0 N–H and O–H groups in total. The Morgan fingerprint density at radius 3 is 2.00 bits per heavy atom. The van der Waals surface area contributed by atoms with Gasteiger partial charge in [-0.25, -0.2) is 9.59 Å². The zero-order chi connectivity index (χ0) is 16.8. The first-order valence-corrected chi connectivity index (χ1v) is 5.67. The lowest BCUT2D eigenvalue weighted by Crippen LogP contribution is -2.17. The molecule has 0 saturated carbocycles. The smallest absolute Gasteiger partial charge is 0.466 e. The summed E-state index contributed by atoms with van der Waals surface area (Å²) in [6, 6.07) is 4.20. The lowest BCUT2D eigenvalue weighted by Gasteiger charge is -2.10. The molecule has 120 valence electrons. The zero-order valence-corrected chi connectivity index (χ0v) is 11.5. The molecule has 1 aromatic carbocycles. The van der Waals surface area contributed by atoms with Crippen molar-refractivity contribution in [3.8, 4) is 11.5 Å². The summed E-state index contributed by atoms with van der Waals surface area (Å²) in [5, 5.41) is 0. The minimum Gasteiger partial charge on any atom is -0.466 e. The zero-order valence-electron chi connectivity index (χ0n) is 11.5. The average Bonchev–Trinajstić information content (AvgIpc) is 2.46. The number of hydrogen-bond donors (Lipinski definition) is 0. The van der Waals surface area contributed by atoms with Crippen molar-refractivity contribution in [2.75, 3.05) is 14.2 Å². The van der Waals surface area contributed by atoms with Crippen molar-refractivity contribution in [3.63, 3.8) is 0 Å². The molecule has 9 heteroatoms. The predicted molar refractivity (Wildman–Crippen MR) is 65.9 cm³/mol. The molecular formula is C13H11F3O6. The predicted octanol–water partition coefficient (Wildman–Crippen LogP) is 2.19. The molecule has 1 rings (SSSR count). The molecule has 0 atom stereocenters. The Morgan fingerprint density at radius 1 is 1.00 bits per heavy atom. The van der Waals surface area contributed by atoms with Crippen molar-refractivity contribution in [1.82, 2.24) is 0 Å². The molecular weight excluding hydrogens is 309 g/mol. The van der Waals surface area contributed by atoms with Gasteiger partial charge in [-0.15, -0.1) is 13.2 Å². The van der Waals surface area contributed by atoms with E-state index in [9.17, 15) is 22.8 Å². The number of carbonyl (C=O) groups excluding carboxylic acids is 2. The van der Waals surface area contributed by atoms with Crippen molar-refractivity contribution >= 4 is 11.9 Å². The van der Waals surface area contributed by atoms with Crippen LogP contribution in [0.4, 0.5) is 13.2 Å². The third-order valence-electron chi connectivity index (χ3n) is 2.12. The molecule has 0 aromatic heterocycles. The number of alkyl halides is 3. The Balaban J connectivity index is 2.88.